The molecule has 0 amide bonds. The van der Waals surface area contributed by atoms with Gasteiger partial charge in [-0.05, 0) is 110 Å². The molecule has 10 aromatic rings. The van der Waals surface area contributed by atoms with Gasteiger partial charge in [0.25, 0.3) is 0 Å². The third-order valence-corrected chi connectivity index (χ3v) is 10.6. The number of hydrogen-bond donors (Lipinski definition) is 0. The Morgan fingerprint density at radius 3 is 1.64 bits per heavy atom. The Morgan fingerprint density at radius 1 is 0.340 bits per heavy atom. The van der Waals surface area contributed by atoms with Gasteiger partial charge in [-0.25, -0.2) is 0 Å². The highest BCUT2D eigenvalue weighted by molar-refractivity contribution is 6.08. The minimum Gasteiger partial charge on any atom is -0.456 e. The Labute approximate surface area is 308 Å². The summed E-state index contributed by atoms with van der Waals surface area (Å²) in [5.41, 5.74) is 11.2. The molecule has 250 valence electrons. The van der Waals surface area contributed by atoms with Gasteiger partial charge in [-0.15, -0.1) is 0 Å². The van der Waals surface area contributed by atoms with Gasteiger partial charge in [-0.2, -0.15) is 0 Å². The highest BCUT2D eigenvalue weighted by Crippen LogP contribution is 2.40. The second-order valence-corrected chi connectivity index (χ2v) is 13.8. The van der Waals surface area contributed by atoms with Crippen LogP contribution in [0.4, 0.5) is 17.1 Å². The number of furan rings is 1. The molecule has 53 heavy (non-hydrogen) atoms. The van der Waals surface area contributed by atoms with Crippen molar-refractivity contribution in [2.75, 3.05) is 4.90 Å². The van der Waals surface area contributed by atoms with E-state index in [0.29, 0.717) is 0 Å². The molecule has 1 heterocycles. The molecular formula is C51H35NO. The van der Waals surface area contributed by atoms with E-state index >= 15 is 0 Å². The highest BCUT2D eigenvalue weighted by atomic mass is 16.3. The lowest BCUT2D eigenvalue weighted by Gasteiger charge is -2.26. The van der Waals surface area contributed by atoms with Crippen LogP contribution in [0.2, 0.25) is 0 Å². The Kier molecular flexibility index (Phi) is 7.40. The number of fused-ring (bicyclic) bond motifs is 5. The number of nitrogens with zero attached hydrogens (tertiary/aromatic N) is 1. The lowest BCUT2D eigenvalue weighted by Crippen LogP contribution is -2.09. The van der Waals surface area contributed by atoms with Crippen molar-refractivity contribution < 1.29 is 4.42 Å². The zero-order valence-electron chi connectivity index (χ0n) is 29.3. The molecule has 0 atom stereocenters. The molecule has 2 heteroatoms. The van der Waals surface area contributed by atoms with Crippen molar-refractivity contribution in [3.63, 3.8) is 0 Å². The highest BCUT2D eigenvalue weighted by Gasteiger charge is 2.16. The van der Waals surface area contributed by atoms with E-state index in [2.05, 4.69) is 194 Å². The van der Waals surface area contributed by atoms with Crippen LogP contribution in [0.25, 0.3) is 76.9 Å². The van der Waals surface area contributed by atoms with Gasteiger partial charge in [0.1, 0.15) is 11.3 Å². The summed E-state index contributed by atoms with van der Waals surface area (Å²) in [5, 5.41) is 8.64. The number of hydrogen-bond acceptors (Lipinski definition) is 2. The quantitative estimate of drug-likeness (QED) is 0.163. The maximum Gasteiger partial charge on any atom is 0.138 e. The van der Waals surface area contributed by atoms with E-state index in [1.807, 2.05) is 12.1 Å². The number of anilines is 3. The molecule has 10 rings (SSSR count). The number of rotatable bonds is 6. The fraction of sp³-hybridized carbons (Fsp3) is 0.0196. The molecule has 1 aromatic heterocycles. The molecule has 0 aliphatic carbocycles. The summed E-state index contributed by atoms with van der Waals surface area (Å²) in [6, 6.07) is 69.9. The van der Waals surface area contributed by atoms with Crippen LogP contribution in [0.5, 0.6) is 0 Å². The summed E-state index contributed by atoms with van der Waals surface area (Å²) < 4.78 is 6.29. The minimum atomic E-state index is 0.923. The molecule has 0 radical (unpaired) electrons. The van der Waals surface area contributed by atoms with Crippen LogP contribution >= 0.6 is 0 Å². The zero-order chi connectivity index (χ0) is 35.3. The Hall–Kier alpha value is -6.90. The number of benzene rings is 9. The van der Waals surface area contributed by atoms with Gasteiger partial charge in [0.05, 0.1) is 0 Å². The third kappa shape index (κ3) is 5.53. The first kappa shape index (κ1) is 30.9. The monoisotopic (exact) mass is 677 g/mol. The molecule has 9 aromatic carbocycles. The fourth-order valence-electron chi connectivity index (χ4n) is 7.85. The van der Waals surface area contributed by atoms with Crippen molar-refractivity contribution in [2.24, 2.45) is 0 Å². The van der Waals surface area contributed by atoms with Gasteiger partial charge >= 0.3 is 0 Å². The lowest BCUT2D eigenvalue weighted by atomic mass is 9.97. The predicted octanol–water partition coefficient (Wildman–Crippen LogP) is 14.7. The van der Waals surface area contributed by atoms with Crippen LogP contribution in [0, 0.1) is 6.92 Å². The van der Waals surface area contributed by atoms with E-state index < -0.39 is 0 Å². The summed E-state index contributed by atoms with van der Waals surface area (Å²) in [6.07, 6.45) is 0. The average molecular weight is 678 g/mol. The van der Waals surface area contributed by atoms with Gasteiger partial charge in [0.15, 0.2) is 0 Å². The molecular weight excluding hydrogens is 643 g/mol. The summed E-state index contributed by atoms with van der Waals surface area (Å²) >= 11 is 0. The normalized spacial score (nSPS) is 11.5. The maximum atomic E-state index is 6.29. The van der Waals surface area contributed by atoms with E-state index in [4.69, 9.17) is 4.42 Å². The van der Waals surface area contributed by atoms with Crippen molar-refractivity contribution in [2.45, 2.75) is 6.92 Å². The van der Waals surface area contributed by atoms with Gasteiger partial charge in [-0.3, -0.25) is 0 Å². The molecule has 0 unspecified atom stereocenters. The topological polar surface area (TPSA) is 16.4 Å². The second kappa shape index (κ2) is 12.7. The van der Waals surface area contributed by atoms with Crippen LogP contribution in [0.3, 0.4) is 0 Å². The van der Waals surface area contributed by atoms with Crippen LogP contribution in [0.15, 0.2) is 199 Å². The summed E-state index contributed by atoms with van der Waals surface area (Å²) in [4.78, 5) is 2.37. The van der Waals surface area contributed by atoms with Gasteiger partial charge < -0.3 is 9.32 Å². The molecule has 2 nitrogen and oxygen atoms in total. The Morgan fingerprint density at radius 2 is 0.868 bits per heavy atom. The fourth-order valence-corrected chi connectivity index (χ4v) is 7.85. The van der Waals surface area contributed by atoms with E-state index in [9.17, 15) is 0 Å². The van der Waals surface area contributed by atoms with E-state index in [0.717, 1.165) is 39.4 Å². The third-order valence-electron chi connectivity index (χ3n) is 10.6. The molecule has 0 N–H and O–H groups in total. The van der Waals surface area contributed by atoms with Crippen LogP contribution in [0.1, 0.15) is 5.56 Å². The molecule has 0 aliphatic heterocycles. The number of para-hydroxylation sites is 1. The molecule has 0 spiro atoms. The summed E-state index contributed by atoms with van der Waals surface area (Å²) in [6.45, 7) is 2.14. The van der Waals surface area contributed by atoms with Gasteiger partial charge in [0.2, 0.25) is 0 Å². The molecule has 0 aliphatic rings. The molecule has 0 fully saturated rings. The summed E-state index contributed by atoms with van der Waals surface area (Å²) in [7, 11) is 0. The summed E-state index contributed by atoms with van der Waals surface area (Å²) in [5.74, 6) is 0.930. The van der Waals surface area contributed by atoms with Crippen molar-refractivity contribution in [3.05, 3.63) is 200 Å². The average Bonchev–Trinajstić information content (AvgIpc) is 3.57. The standard InChI is InChI=1S/C51H35NO/c1-34-47-14-6-7-16-50(47)53-51(34)43-13-8-12-40(31-43)38-19-17-36(18-20-38)37-23-26-44(27-24-37)52(45-28-25-35-9-2-3-11-41(35)32-45)46-29-30-49-42(33-46)22-21-39-10-4-5-15-48(39)49/h2-33H,1H3. The van der Waals surface area contributed by atoms with Crippen molar-refractivity contribution in [1.82, 2.24) is 0 Å². The largest absolute Gasteiger partial charge is 0.456 e. The van der Waals surface area contributed by atoms with E-state index in [-0.39, 0.29) is 0 Å². The van der Waals surface area contributed by atoms with Crippen LogP contribution < -0.4 is 4.90 Å². The Bertz CT molecular complexity index is 2950. The van der Waals surface area contributed by atoms with Crippen LogP contribution in [-0.2, 0) is 0 Å². The molecule has 0 bridgehead atoms. The first-order chi connectivity index (χ1) is 26.2. The molecule has 0 saturated carbocycles. The number of aryl methyl sites for hydroxylation is 1. The first-order valence-corrected chi connectivity index (χ1v) is 18.2. The minimum absolute atomic E-state index is 0.923. The molecule has 0 saturated heterocycles. The first-order valence-electron chi connectivity index (χ1n) is 18.2. The van der Waals surface area contributed by atoms with Crippen molar-refractivity contribution >= 4 is 60.3 Å². The van der Waals surface area contributed by atoms with E-state index in [1.54, 1.807) is 0 Å². The van der Waals surface area contributed by atoms with E-state index in [1.165, 1.54) is 60.1 Å². The lowest BCUT2D eigenvalue weighted by molar-refractivity contribution is 0.629. The Balaban J connectivity index is 0.986. The maximum absolute atomic E-state index is 6.29. The predicted molar refractivity (Wildman–Crippen MR) is 224 cm³/mol. The van der Waals surface area contributed by atoms with Crippen LogP contribution in [-0.4, -0.2) is 0 Å². The smallest absolute Gasteiger partial charge is 0.138 e. The van der Waals surface area contributed by atoms with Crippen molar-refractivity contribution in [3.8, 4) is 33.6 Å². The second-order valence-electron chi connectivity index (χ2n) is 13.8. The van der Waals surface area contributed by atoms with Crippen molar-refractivity contribution in [1.29, 1.82) is 0 Å². The van der Waals surface area contributed by atoms with Gasteiger partial charge in [0, 0.05) is 33.6 Å². The van der Waals surface area contributed by atoms with Gasteiger partial charge in [-0.1, -0.05) is 146 Å². The SMILES string of the molecule is Cc1c(-c2cccc(-c3ccc(-c4ccc(N(c5ccc6ccccc6c5)c5ccc6c(ccc7ccccc76)c5)cc4)cc3)c2)oc2ccccc12. The zero-order valence-corrected chi connectivity index (χ0v) is 29.3.